The van der Waals surface area contributed by atoms with Crippen molar-refractivity contribution in [3.05, 3.63) is 59.8 Å². The summed E-state index contributed by atoms with van der Waals surface area (Å²) in [7, 11) is 1.88. The van der Waals surface area contributed by atoms with Crippen molar-refractivity contribution >= 4 is 11.8 Å². The van der Waals surface area contributed by atoms with Crippen LogP contribution in [-0.2, 0) is 13.0 Å². The Labute approximate surface area is 174 Å². The molecular formula is C23H32N6. The number of benzene rings is 1. The Balaban J connectivity index is 1.18. The van der Waals surface area contributed by atoms with Crippen molar-refractivity contribution in [1.29, 1.82) is 0 Å². The molecule has 1 fully saturated rings. The van der Waals surface area contributed by atoms with Crippen LogP contribution in [0.1, 0.15) is 17.5 Å². The van der Waals surface area contributed by atoms with Crippen LogP contribution in [0.4, 0.5) is 5.82 Å². The quantitative estimate of drug-likeness (QED) is 0.480. The number of aromatic nitrogens is 1. The number of piperazine rings is 1. The molecule has 6 nitrogen and oxygen atoms in total. The highest BCUT2D eigenvalue weighted by Gasteiger charge is 2.20. The Hall–Kier alpha value is -2.60. The van der Waals surface area contributed by atoms with Gasteiger partial charge in [-0.15, -0.1) is 0 Å². The second-order valence-electron chi connectivity index (χ2n) is 7.78. The number of rotatable bonds is 5. The molecule has 2 aliphatic heterocycles. The number of pyridine rings is 1. The highest BCUT2D eigenvalue weighted by atomic mass is 15.4. The number of guanidine groups is 1. The molecule has 0 bridgehead atoms. The van der Waals surface area contributed by atoms with E-state index in [1.165, 1.54) is 24.1 Å². The Morgan fingerprint density at radius 3 is 2.55 bits per heavy atom. The molecule has 0 aliphatic carbocycles. The molecule has 6 heteroatoms. The lowest BCUT2D eigenvalue weighted by atomic mass is 10.00. The van der Waals surface area contributed by atoms with E-state index in [0.29, 0.717) is 0 Å². The molecule has 0 atom stereocenters. The minimum atomic E-state index is 0.964. The molecular weight excluding hydrogens is 360 g/mol. The van der Waals surface area contributed by atoms with Gasteiger partial charge in [0, 0.05) is 65.6 Å². The van der Waals surface area contributed by atoms with Gasteiger partial charge in [-0.25, -0.2) is 4.98 Å². The maximum Gasteiger partial charge on any atom is 0.193 e. The molecule has 0 spiro atoms. The number of nitrogens with zero attached hydrogens (tertiary/aromatic N) is 5. The normalized spacial score (nSPS) is 17.9. The van der Waals surface area contributed by atoms with Gasteiger partial charge in [-0.3, -0.25) is 9.89 Å². The third-order valence-corrected chi connectivity index (χ3v) is 5.91. The minimum Gasteiger partial charge on any atom is -0.356 e. The summed E-state index contributed by atoms with van der Waals surface area (Å²) in [6.45, 7) is 8.24. The van der Waals surface area contributed by atoms with E-state index in [2.05, 4.69) is 66.4 Å². The van der Waals surface area contributed by atoms with Gasteiger partial charge in [-0.1, -0.05) is 30.3 Å². The fourth-order valence-corrected chi connectivity index (χ4v) is 4.27. The first kappa shape index (κ1) is 19.7. The van der Waals surface area contributed by atoms with Crippen LogP contribution >= 0.6 is 0 Å². The maximum absolute atomic E-state index is 4.51. The summed E-state index contributed by atoms with van der Waals surface area (Å²) < 4.78 is 0. The average molecular weight is 393 g/mol. The summed E-state index contributed by atoms with van der Waals surface area (Å²) in [6.07, 6.45) is 4.17. The number of nitrogens with one attached hydrogen (secondary N) is 1. The lowest BCUT2D eigenvalue weighted by molar-refractivity contribution is 0.251. The summed E-state index contributed by atoms with van der Waals surface area (Å²) in [6, 6.07) is 15.0. The molecule has 2 aromatic rings. The molecule has 1 N–H and O–H groups in total. The van der Waals surface area contributed by atoms with E-state index in [9.17, 15) is 0 Å². The van der Waals surface area contributed by atoms with Crippen LogP contribution in [0.3, 0.4) is 0 Å². The minimum absolute atomic E-state index is 0.964. The number of anilines is 1. The van der Waals surface area contributed by atoms with Crippen LogP contribution < -0.4 is 10.2 Å². The zero-order valence-electron chi connectivity index (χ0n) is 17.4. The van der Waals surface area contributed by atoms with Gasteiger partial charge in [0.15, 0.2) is 5.96 Å². The predicted molar refractivity (Wildman–Crippen MR) is 119 cm³/mol. The van der Waals surface area contributed by atoms with Crippen LogP contribution in [-0.4, -0.2) is 73.6 Å². The monoisotopic (exact) mass is 392 g/mol. The third-order valence-electron chi connectivity index (χ3n) is 5.91. The Kier molecular flexibility index (Phi) is 6.62. The topological polar surface area (TPSA) is 47.0 Å². The summed E-state index contributed by atoms with van der Waals surface area (Å²) in [5.74, 6) is 2.09. The van der Waals surface area contributed by atoms with Crippen molar-refractivity contribution < 1.29 is 0 Å². The molecule has 0 radical (unpaired) electrons. The molecule has 0 saturated carbocycles. The van der Waals surface area contributed by atoms with Gasteiger partial charge in [-0.05, 0) is 36.1 Å². The molecule has 3 heterocycles. The van der Waals surface area contributed by atoms with Crippen molar-refractivity contribution in [3.63, 3.8) is 0 Å². The first-order valence-electron chi connectivity index (χ1n) is 10.7. The fraction of sp³-hybridized carbons (Fsp3) is 0.478. The van der Waals surface area contributed by atoms with Crippen LogP contribution in [0.2, 0.25) is 0 Å². The summed E-state index contributed by atoms with van der Waals surface area (Å²) in [4.78, 5) is 16.2. The number of fused-ring (bicyclic) bond motifs is 1. The smallest absolute Gasteiger partial charge is 0.193 e. The number of hydrogen-bond donors (Lipinski definition) is 1. The number of hydrogen-bond acceptors (Lipinski definition) is 4. The fourth-order valence-electron chi connectivity index (χ4n) is 4.27. The van der Waals surface area contributed by atoms with Gasteiger partial charge in [0.2, 0.25) is 0 Å². The van der Waals surface area contributed by atoms with Crippen molar-refractivity contribution in [2.24, 2.45) is 4.99 Å². The second kappa shape index (κ2) is 9.74. The highest BCUT2D eigenvalue weighted by molar-refractivity contribution is 5.80. The Bertz CT molecular complexity index is 798. The summed E-state index contributed by atoms with van der Waals surface area (Å²) in [5, 5.41) is 3.57. The van der Waals surface area contributed by atoms with E-state index in [0.717, 1.165) is 64.0 Å². The van der Waals surface area contributed by atoms with Gasteiger partial charge in [0.25, 0.3) is 0 Å². The van der Waals surface area contributed by atoms with Gasteiger partial charge in [0.1, 0.15) is 5.82 Å². The van der Waals surface area contributed by atoms with Gasteiger partial charge < -0.3 is 15.1 Å². The van der Waals surface area contributed by atoms with Crippen molar-refractivity contribution in [3.8, 4) is 0 Å². The second-order valence-corrected chi connectivity index (χ2v) is 7.78. The highest BCUT2D eigenvalue weighted by Crippen LogP contribution is 2.18. The van der Waals surface area contributed by atoms with Crippen molar-refractivity contribution in [1.82, 2.24) is 20.1 Å². The lowest BCUT2D eigenvalue weighted by Gasteiger charge is -2.37. The first-order chi connectivity index (χ1) is 14.3. The lowest BCUT2D eigenvalue weighted by Crippen LogP contribution is -2.53. The van der Waals surface area contributed by atoms with E-state index < -0.39 is 0 Å². The molecule has 2 aliphatic rings. The standard InChI is InChI=1S/C23H32N6/c1-24-23(29-17-15-28(16-18-29)22-9-4-5-11-25-22)26-12-6-13-27-14-10-20-7-2-3-8-21(20)19-27/h2-5,7-9,11H,6,10,12-19H2,1H3,(H,24,26). The first-order valence-corrected chi connectivity index (χ1v) is 10.7. The molecule has 154 valence electrons. The molecule has 0 unspecified atom stereocenters. The third kappa shape index (κ3) is 5.07. The zero-order valence-corrected chi connectivity index (χ0v) is 17.4. The molecule has 1 saturated heterocycles. The Morgan fingerprint density at radius 1 is 1.00 bits per heavy atom. The summed E-state index contributed by atoms with van der Waals surface area (Å²) >= 11 is 0. The SMILES string of the molecule is CN=C(NCCCN1CCc2ccccc2C1)N1CCN(c2ccccn2)CC1. The van der Waals surface area contributed by atoms with E-state index in [1.807, 2.05) is 19.3 Å². The molecule has 1 aromatic heterocycles. The van der Waals surface area contributed by atoms with E-state index in [1.54, 1.807) is 0 Å². The van der Waals surface area contributed by atoms with Crippen LogP contribution in [0.5, 0.6) is 0 Å². The molecule has 1 aromatic carbocycles. The molecule has 0 amide bonds. The van der Waals surface area contributed by atoms with Crippen LogP contribution in [0.25, 0.3) is 0 Å². The summed E-state index contributed by atoms with van der Waals surface area (Å²) in [5.41, 5.74) is 3.01. The van der Waals surface area contributed by atoms with E-state index in [-0.39, 0.29) is 0 Å². The molecule has 29 heavy (non-hydrogen) atoms. The van der Waals surface area contributed by atoms with Gasteiger partial charge in [-0.2, -0.15) is 0 Å². The van der Waals surface area contributed by atoms with Crippen molar-refractivity contribution in [2.45, 2.75) is 19.4 Å². The Morgan fingerprint density at radius 2 is 1.79 bits per heavy atom. The van der Waals surface area contributed by atoms with Crippen LogP contribution in [0, 0.1) is 0 Å². The van der Waals surface area contributed by atoms with Gasteiger partial charge >= 0.3 is 0 Å². The van der Waals surface area contributed by atoms with Gasteiger partial charge in [0.05, 0.1) is 0 Å². The predicted octanol–water partition coefficient (Wildman–Crippen LogP) is 2.23. The molecule has 4 rings (SSSR count). The average Bonchev–Trinajstić information content (AvgIpc) is 2.80. The van der Waals surface area contributed by atoms with Crippen molar-refractivity contribution in [2.75, 3.05) is 57.8 Å². The zero-order chi connectivity index (χ0) is 19.9. The van der Waals surface area contributed by atoms with E-state index >= 15 is 0 Å². The maximum atomic E-state index is 4.51. The van der Waals surface area contributed by atoms with E-state index in [4.69, 9.17) is 0 Å². The number of aliphatic imine (C=N–C) groups is 1. The van der Waals surface area contributed by atoms with Crippen LogP contribution in [0.15, 0.2) is 53.7 Å². The largest absolute Gasteiger partial charge is 0.356 e.